The number of nitrogens with one attached hydrogen (secondary N) is 1. The first-order valence-corrected chi connectivity index (χ1v) is 5.11. The Morgan fingerprint density at radius 2 is 1.80 bits per heavy atom. The van der Waals surface area contributed by atoms with Crippen molar-refractivity contribution in [1.82, 2.24) is 5.32 Å². The summed E-state index contributed by atoms with van der Waals surface area (Å²) in [5.74, 6) is 0.946. The summed E-state index contributed by atoms with van der Waals surface area (Å²) in [6, 6.07) is 8.66. The lowest BCUT2D eigenvalue weighted by atomic mass is 10.2. The van der Waals surface area contributed by atoms with Crippen LogP contribution in [0.4, 0.5) is 0 Å². The van der Waals surface area contributed by atoms with Gasteiger partial charge in [-0.1, -0.05) is 31.5 Å². The summed E-state index contributed by atoms with van der Waals surface area (Å²) in [6.07, 6.45) is 0. The fourth-order valence-corrected chi connectivity index (χ4v) is 1.15. The largest absolute Gasteiger partial charge is 0.492 e. The lowest BCUT2D eigenvalue weighted by Gasteiger charge is -2.09. The van der Waals surface area contributed by atoms with E-state index in [1.807, 2.05) is 12.1 Å². The second kappa shape index (κ2) is 7.55. The van der Waals surface area contributed by atoms with Crippen LogP contribution in [0.2, 0.25) is 0 Å². The zero-order valence-corrected chi connectivity index (χ0v) is 10.4. The van der Waals surface area contributed by atoms with Gasteiger partial charge in [0.2, 0.25) is 0 Å². The van der Waals surface area contributed by atoms with E-state index in [4.69, 9.17) is 4.74 Å². The molecule has 1 N–H and O–H groups in total. The van der Waals surface area contributed by atoms with Crippen LogP contribution in [0.15, 0.2) is 24.3 Å². The fraction of sp³-hybridized carbons (Fsp3) is 0.500. The van der Waals surface area contributed by atoms with Gasteiger partial charge in [-0.15, -0.1) is 12.4 Å². The van der Waals surface area contributed by atoms with Crippen LogP contribution in [-0.4, -0.2) is 19.2 Å². The fourth-order valence-electron chi connectivity index (χ4n) is 1.15. The van der Waals surface area contributed by atoms with Crippen LogP contribution in [-0.2, 0) is 0 Å². The van der Waals surface area contributed by atoms with Gasteiger partial charge in [0.25, 0.3) is 0 Å². The predicted octanol–water partition coefficient (Wildman–Crippen LogP) is 2.79. The third kappa shape index (κ3) is 6.37. The van der Waals surface area contributed by atoms with Crippen LogP contribution >= 0.6 is 12.4 Å². The van der Waals surface area contributed by atoms with Gasteiger partial charge < -0.3 is 10.1 Å². The number of halogens is 1. The Bertz CT molecular complexity index is 259. The molecule has 0 fully saturated rings. The average Bonchev–Trinajstić information content (AvgIpc) is 2.15. The van der Waals surface area contributed by atoms with E-state index in [0.29, 0.717) is 6.04 Å². The molecule has 0 aromatic heterocycles. The molecule has 0 saturated heterocycles. The van der Waals surface area contributed by atoms with Gasteiger partial charge in [0, 0.05) is 12.6 Å². The Kier molecular flexibility index (Phi) is 7.18. The number of ether oxygens (including phenoxy) is 1. The van der Waals surface area contributed by atoms with Crippen molar-refractivity contribution in [2.24, 2.45) is 0 Å². The smallest absolute Gasteiger partial charge is 0.119 e. The third-order valence-corrected chi connectivity index (χ3v) is 1.94. The molecule has 1 aromatic carbocycles. The van der Waals surface area contributed by atoms with Gasteiger partial charge in [-0.3, -0.25) is 0 Å². The number of hydrogen-bond acceptors (Lipinski definition) is 2. The molecule has 1 rings (SSSR count). The summed E-state index contributed by atoms with van der Waals surface area (Å²) in [7, 11) is 0. The minimum Gasteiger partial charge on any atom is -0.492 e. The molecule has 15 heavy (non-hydrogen) atoms. The maximum absolute atomic E-state index is 5.55. The van der Waals surface area contributed by atoms with E-state index in [1.54, 1.807) is 0 Å². The minimum atomic E-state index is 0. The van der Waals surface area contributed by atoms with E-state index in [2.05, 4.69) is 38.2 Å². The topological polar surface area (TPSA) is 21.3 Å². The highest BCUT2D eigenvalue weighted by Crippen LogP contribution is 2.10. The average molecular weight is 230 g/mol. The molecule has 2 nitrogen and oxygen atoms in total. The first-order chi connectivity index (χ1) is 6.68. The molecule has 0 bridgehead atoms. The van der Waals surface area contributed by atoms with E-state index in [0.717, 1.165) is 18.9 Å². The Labute approximate surface area is 98.4 Å². The van der Waals surface area contributed by atoms with Gasteiger partial charge in [-0.2, -0.15) is 0 Å². The summed E-state index contributed by atoms with van der Waals surface area (Å²) in [5.41, 5.74) is 1.26. The standard InChI is InChI=1S/C12H19NO.ClH/c1-10(2)13-8-9-14-12-6-4-11(3)5-7-12;/h4-7,10,13H,8-9H2,1-3H3;1H. The first-order valence-electron chi connectivity index (χ1n) is 5.11. The molecule has 0 unspecified atom stereocenters. The number of benzene rings is 1. The monoisotopic (exact) mass is 229 g/mol. The molecule has 0 heterocycles. The van der Waals surface area contributed by atoms with Gasteiger partial charge in [0.1, 0.15) is 12.4 Å². The van der Waals surface area contributed by atoms with Gasteiger partial charge in [0.05, 0.1) is 0 Å². The van der Waals surface area contributed by atoms with Crippen molar-refractivity contribution in [2.75, 3.05) is 13.2 Å². The molecule has 0 aliphatic rings. The lowest BCUT2D eigenvalue weighted by Crippen LogP contribution is -2.27. The molecule has 0 amide bonds. The van der Waals surface area contributed by atoms with Crippen LogP contribution in [0, 0.1) is 6.92 Å². The first kappa shape index (κ1) is 14.3. The molecule has 0 saturated carbocycles. The van der Waals surface area contributed by atoms with Crippen molar-refractivity contribution in [3.05, 3.63) is 29.8 Å². The van der Waals surface area contributed by atoms with Crippen LogP contribution < -0.4 is 10.1 Å². The molecule has 0 atom stereocenters. The van der Waals surface area contributed by atoms with Crippen molar-refractivity contribution < 1.29 is 4.74 Å². The summed E-state index contributed by atoms with van der Waals surface area (Å²) in [6.45, 7) is 7.95. The van der Waals surface area contributed by atoms with E-state index >= 15 is 0 Å². The summed E-state index contributed by atoms with van der Waals surface area (Å²) in [4.78, 5) is 0. The van der Waals surface area contributed by atoms with Crippen LogP contribution in [0.25, 0.3) is 0 Å². The van der Waals surface area contributed by atoms with Crippen molar-refractivity contribution in [2.45, 2.75) is 26.8 Å². The second-order valence-corrected chi connectivity index (χ2v) is 3.77. The van der Waals surface area contributed by atoms with E-state index in [1.165, 1.54) is 5.56 Å². The zero-order chi connectivity index (χ0) is 10.4. The van der Waals surface area contributed by atoms with Gasteiger partial charge in [-0.05, 0) is 19.1 Å². The predicted molar refractivity (Wildman–Crippen MR) is 67.1 cm³/mol. The Morgan fingerprint density at radius 1 is 1.20 bits per heavy atom. The molecule has 86 valence electrons. The van der Waals surface area contributed by atoms with E-state index < -0.39 is 0 Å². The van der Waals surface area contributed by atoms with E-state index in [9.17, 15) is 0 Å². The van der Waals surface area contributed by atoms with Gasteiger partial charge in [0.15, 0.2) is 0 Å². The molecule has 0 radical (unpaired) electrons. The SMILES string of the molecule is Cc1ccc(OCCNC(C)C)cc1.Cl. The van der Waals surface area contributed by atoms with Crippen molar-refractivity contribution in [1.29, 1.82) is 0 Å². The van der Waals surface area contributed by atoms with E-state index in [-0.39, 0.29) is 12.4 Å². The molecule has 1 aromatic rings. The highest BCUT2D eigenvalue weighted by Gasteiger charge is 1.94. The maximum Gasteiger partial charge on any atom is 0.119 e. The third-order valence-electron chi connectivity index (χ3n) is 1.94. The number of hydrogen-bond donors (Lipinski definition) is 1. The summed E-state index contributed by atoms with van der Waals surface area (Å²) < 4.78 is 5.55. The maximum atomic E-state index is 5.55. The molecule has 3 heteroatoms. The van der Waals surface area contributed by atoms with Crippen LogP contribution in [0.3, 0.4) is 0 Å². The van der Waals surface area contributed by atoms with Crippen molar-refractivity contribution in [3.8, 4) is 5.75 Å². The second-order valence-electron chi connectivity index (χ2n) is 3.77. The Balaban J connectivity index is 0.00000196. The van der Waals surface area contributed by atoms with Crippen molar-refractivity contribution >= 4 is 12.4 Å². The van der Waals surface area contributed by atoms with Crippen LogP contribution in [0.5, 0.6) is 5.75 Å². The summed E-state index contributed by atoms with van der Waals surface area (Å²) in [5, 5.41) is 3.30. The normalized spacial score (nSPS) is 9.87. The summed E-state index contributed by atoms with van der Waals surface area (Å²) >= 11 is 0. The molecular formula is C12H20ClNO. The van der Waals surface area contributed by atoms with Crippen LogP contribution in [0.1, 0.15) is 19.4 Å². The Morgan fingerprint density at radius 3 is 2.33 bits per heavy atom. The van der Waals surface area contributed by atoms with Crippen molar-refractivity contribution in [3.63, 3.8) is 0 Å². The molecule has 0 spiro atoms. The lowest BCUT2D eigenvalue weighted by molar-refractivity contribution is 0.309. The molecule has 0 aliphatic heterocycles. The minimum absolute atomic E-state index is 0. The quantitative estimate of drug-likeness (QED) is 0.785. The zero-order valence-electron chi connectivity index (χ0n) is 9.62. The molecular weight excluding hydrogens is 210 g/mol. The van der Waals surface area contributed by atoms with Gasteiger partial charge in [-0.25, -0.2) is 0 Å². The number of aryl methyl sites for hydroxylation is 1. The molecule has 0 aliphatic carbocycles. The highest BCUT2D eigenvalue weighted by molar-refractivity contribution is 5.85. The highest BCUT2D eigenvalue weighted by atomic mass is 35.5. The number of rotatable bonds is 5. The van der Waals surface area contributed by atoms with Gasteiger partial charge >= 0.3 is 0 Å². The Hall–Kier alpha value is -0.730.